The number of anilines is 1. The summed E-state index contributed by atoms with van der Waals surface area (Å²) in [6, 6.07) is 7.39. The van der Waals surface area contributed by atoms with Crippen molar-refractivity contribution in [3.63, 3.8) is 0 Å². The molecule has 0 saturated heterocycles. The van der Waals surface area contributed by atoms with E-state index < -0.39 is 0 Å². The van der Waals surface area contributed by atoms with Crippen LogP contribution < -0.4 is 10.2 Å². The number of hydrogen-bond donors (Lipinski definition) is 1. The highest BCUT2D eigenvalue weighted by molar-refractivity contribution is 5.47. The summed E-state index contributed by atoms with van der Waals surface area (Å²) in [5, 5.41) is 3.23. The zero-order valence-electron chi connectivity index (χ0n) is 12.5. The minimum absolute atomic E-state index is 0.305. The van der Waals surface area contributed by atoms with Crippen LogP contribution in [0.2, 0.25) is 0 Å². The van der Waals surface area contributed by atoms with Crippen molar-refractivity contribution in [3.8, 4) is 0 Å². The van der Waals surface area contributed by atoms with Gasteiger partial charge in [0.25, 0.3) is 0 Å². The van der Waals surface area contributed by atoms with Gasteiger partial charge in [0.1, 0.15) is 11.6 Å². The lowest BCUT2D eigenvalue weighted by atomic mass is 10.2. The van der Waals surface area contributed by atoms with Crippen molar-refractivity contribution >= 4 is 5.82 Å². The Kier molecular flexibility index (Phi) is 5.63. The van der Waals surface area contributed by atoms with Crippen molar-refractivity contribution in [1.29, 1.82) is 0 Å². The molecule has 0 aliphatic carbocycles. The highest BCUT2D eigenvalue weighted by atomic mass is 19.1. The summed E-state index contributed by atoms with van der Waals surface area (Å²) >= 11 is 0. The monoisotopic (exact) mass is 288 g/mol. The molecule has 0 aromatic carbocycles. The lowest BCUT2D eigenvalue weighted by Gasteiger charge is -2.24. The molecule has 0 fully saturated rings. The maximum atomic E-state index is 13.4. The van der Waals surface area contributed by atoms with Crippen molar-refractivity contribution in [3.05, 3.63) is 53.7 Å². The van der Waals surface area contributed by atoms with Crippen LogP contribution in [0, 0.1) is 5.82 Å². The number of aromatic nitrogens is 2. The maximum absolute atomic E-state index is 13.4. The van der Waals surface area contributed by atoms with E-state index in [0.29, 0.717) is 13.1 Å². The van der Waals surface area contributed by atoms with E-state index in [-0.39, 0.29) is 5.82 Å². The molecule has 0 bridgehead atoms. The predicted molar refractivity (Wildman–Crippen MR) is 82.5 cm³/mol. The van der Waals surface area contributed by atoms with E-state index in [9.17, 15) is 4.39 Å². The fourth-order valence-electron chi connectivity index (χ4n) is 2.17. The van der Waals surface area contributed by atoms with Gasteiger partial charge in [-0.05, 0) is 31.7 Å². The first kappa shape index (κ1) is 15.4. The second kappa shape index (κ2) is 7.69. The molecule has 2 aromatic heterocycles. The summed E-state index contributed by atoms with van der Waals surface area (Å²) < 4.78 is 13.4. The van der Waals surface area contributed by atoms with Gasteiger partial charge in [-0.1, -0.05) is 13.0 Å². The molecule has 21 heavy (non-hydrogen) atoms. The van der Waals surface area contributed by atoms with Gasteiger partial charge in [-0.2, -0.15) is 0 Å². The van der Waals surface area contributed by atoms with Gasteiger partial charge < -0.3 is 10.2 Å². The van der Waals surface area contributed by atoms with E-state index in [4.69, 9.17) is 0 Å². The van der Waals surface area contributed by atoms with Crippen LogP contribution in [0.3, 0.4) is 0 Å². The molecule has 1 N–H and O–H groups in total. The quantitative estimate of drug-likeness (QED) is 0.850. The Hall–Kier alpha value is -2.01. The molecule has 112 valence electrons. The molecule has 0 aliphatic rings. The number of pyridine rings is 2. The van der Waals surface area contributed by atoms with Gasteiger partial charge in [0, 0.05) is 24.8 Å². The molecule has 2 aromatic rings. The van der Waals surface area contributed by atoms with Crippen molar-refractivity contribution in [2.75, 3.05) is 18.0 Å². The second-order valence-electron chi connectivity index (χ2n) is 4.75. The van der Waals surface area contributed by atoms with Crippen molar-refractivity contribution in [1.82, 2.24) is 15.3 Å². The molecular formula is C16H21FN4. The van der Waals surface area contributed by atoms with Crippen molar-refractivity contribution in [2.45, 2.75) is 26.9 Å². The van der Waals surface area contributed by atoms with E-state index in [2.05, 4.69) is 27.1 Å². The average molecular weight is 288 g/mol. The molecule has 0 aliphatic heterocycles. The van der Waals surface area contributed by atoms with E-state index >= 15 is 0 Å². The third-order valence-corrected chi connectivity index (χ3v) is 3.24. The minimum atomic E-state index is -0.305. The minimum Gasteiger partial charge on any atom is -0.351 e. The number of nitrogens with one attached hydrogen (secondary N) is 1. The number of halogens is 1. The van der Waals surface area contributed by atoms with Gasteiger partial charge in [-0.25, -0.2) is 9.37 Å². The fraction of sp³-hybridized carbons (Fsp3) is 0.375. The maximum Gasteiger partial charge on any atom is 0.141 e. The first-order chi connectivity index (χ1) is 10.2. The van der Waals surface area contributed by atoms with Gasteiger partial charge >= 0.3 is 0 Å². The Labute approximate surface area is 125 Å². The third-order valence-electron chi connectivity index (χ3n) is 3.24. The highest BCUT2D eigenvalue weighted by Crippen LogP contribution is 2.20. The van der Waals surface area contributed by atoms with E-state index in [1.54, 1.807) is 12.3 Å². The van der Waals surface area contributed by atoms with Crippen LogP contribution in [-0.2, 0) is 13.1 Å². The van der Waals surface area contributed by atoms with E-state index in [1.807, 2.05) is 25.1 Å². The first-order valence-corrected chi connectivity index (χ1v) is 7.24. The standard InChI is InChI=1S/C16H21FN4/c1-3-18-10-13-9-14(17)11-20-16(13)21(4-2)12-15-7-5-6-8-19-15/h5-9,11,18H,3-4,10,12H2,1-2H3. The smallest absolute Gasteiger partial charge is 0.141 e. The molecular weight excluding hydrogens is 267 g/mol. The molecule has 0 radical (unpaired) electrons. The van der Waals surface area contributed by atoms with Crippen LogP contribution in [0.25, 0.3) is 0 Å². The normalized spacial score (nSPS) is 10.6. The zero-order valence-corrected chi connectivity index (χ0v) is 12.5. The lowest BCUT2D eigenvalue weighted by Crippen LogP contribution is -2.26. The van der Waals surface area contributed by atoms with E-state index in [0.717, 1.165) is 30.2 Å². The Morgan fingerprint density at radius 1 is 1.24 bits per heavy atom. The molecule has 0 spiro atoms. The van der Waals surface area contributed by atoms with Crippen LogP contribution in [0.1, 0.15) is 25.1 Å². The summed E-state index contributed by atoms with van der Waals surface area (Å²) in [7, 11) is 0. The summed E-state index contributed by atoms with van der Waals surface area (Å²) in [6.45, 7) is 6.98. The second-order valence-corrected chi connectivity index (χ2v) is 4.75. The molecule has 5 heteroatoms. The first-order valence-electron chi connectivity index (χ1n) is 7.24. The van der Waals surface area contributed by atoms with Gasteiger partial charge in [0.05, 0.1) is 18.4 Å². The largest absolute Gasteiger partial charge is 0.351 e. The van der Waals surface area contributed by atoms with Crippen LogP contribution in [0.4, 0.5) is 10.2 Å². The van der Waals surface area contributed by atoms with Gasteiger partial charge in [-0.3, -0.25) is 4.98 Å². The van der Waals surface area contributed by atoms with Crippen LogP contribution >= 0.6 is 0 Å². The molecule has 0 saturated carbocycles. The molecule has 0 amide bonds. The summed E-state index contributed by atoms with van der Waals surface area (Å²) in [6.07, 6.45) is 3.05. The predicted octanol–water partition coefficient (Wildman–Crippen LogP) is 2.75. The fourth-order valence-corrected chi connectivity index (χ4v) is 2.17. The Bertz CT molecular complexity index is 559. The highest BCUT2D eigenvalue weighted by Gasteiger charge is 2.13. The van der Waals surface area contributed by atoms with Crippen LogP contribution in [-0.4, -0.2) is 23.1 Å². The van der Waals surface area contributed by atoms with Gasteiger partial charge in [0.15, 0.2) is 0 Å². The Balaban J connectivity index is 2.24. The lowest BCUT2D eigenvalue weighted by molar-refractivity contribution is 0.612. The van der Waals surface area contributed by atoms with Gasteiger partial charge in [0.2, 0.25) is 0 Å². The summed E-state index contributed by atoms with van der Waals surface area (Å²) in [5.41, 5.74) is 1.84. The van der Waals surface area contributed by atoms with Gasteiger partial charge in [-0.15, -0.1) is 0 Å². The SMILES string of the molecule is CCNCc1cc(F)cnc1N(CC)Cc1ccccn1. The van der Waals surface area contributed by atoms with Crippen molar-refractivity contribution < 1.29 is 4.39 Å². The molecule has 2 rings (SSSR count). The topological polar surface area (TPSA) is 41.1 Å². The summed E-state index contributed by atoms with van der Waals surface area (Å²) in [5.74, 6) is 0.506. The number of nitrogens with zero attached hydrogens (tertiary/aromatic N) is 3. The molecule has 0 unspecified atom stereocenters. The summed E-state index contributed by atoms with van der Waals surface area (Å²) in [4.78, 5) is 10.7. The number of hydrogen-bond acceptors (Lipinski definition) is 4. The molecule has 2 heterocycles. The Morgan fingerprint density at radius 3 is 2.76 bits per heavy atom. The average Bonchev–Trinajstić information content (AvgIpc) is 2.52. The van der Waals surface area contributed by atoms with E-state index in [1.165, 1.54) is 6.20 Å². The Morgan fingerprint density at radius 2 is 2.10 bits per heavy atom. The third kappa shape index (κ3) is 4.23. The zero-order chi connectivity index (χ0) is 15.1. The molecule has 4 nitrogen and oxygen atoms in total. The molecule has 0 atom stereocenters. The van der Waals surface area contributed by atoms with Crippen LogP contribution in [0.5, 0.6) is 0 Å². The number of rotatable bonds is 7. The van der Waals surface area contributed by atoms with Crippen LogP contribution in [0.15, 0.2) is 36.7 Å². The van der Waals surface area contributed by atoms with Crippen molar-refractivity contribution in [2.24, 2.45) is 0 Å².